The number of carbonyl (C=O) groups is 1. The normalized spacial score (nSPS) is 10.4. The van der Waals surface area contributed by atoms with E-state index in [0.29, 0.717) is 21.6 Å². The molecule has 6 heteroatoms. The van der Waals surface area contributed by atoms with Crippen molar-refractivity contribution in [2.45, 2.75) is 0 Å². The average Bonchev–Trinajstić information content (AvgIpc) is 2.56. The average molecular weight is 285 g/mol. The number of anilines is 1. The number of nitrogens with zero attached hydrogens (tertiary/aromatic N) is 2. The molecule has 0 aliphatic heterocycles. The summed E-state index contributed by atoms with van der Waals surface area (Å²) in [6.07, 6.45) is 3.61. The van der Waals surface area contributed by atoms with Crippen LogP contribution in [0.3, 0.4) is 0 Å². The van der Waals surface area contributed by atoms with E-state index in [0.717, 1.165) is 0 Å². The maximum atomic E-state index is 12.1. The van der Waals surface area contributed by atoms with Crippen LogP contribution in [0.1, 0.15) is 10.6 Å². The highest BCUT2D eigenvalue weighted by Crippen LogP contribution is 2.22. The zero-order valence-electron chi connectivity index (χ0n) is 9.95. The number of imidazole rings is 1. The standard InChI is InChI=1S/C12H11Cl2N3O/c1-16-3-4-17(2)12(16)11(18)15-10-6-8(13)5-9(14)7-10/h3-7H,1-2H3/p+1. The number of aromatic nitrogens is 2. The van der Waals surface area contributed by atoms with Crippen molar-refractivity contribution in [1.29, 1.82) is 0 Å². The summed E-state index contributed by atoms with van der Waals surface area (Å²) >= 11 is 11.7. The van der Waals surface area contributed by atoms with Crippen molar-refractivity contribution < 1.29 is 9.36 Å². The number of nitrogens with one attached hydrogen (secondary N) is 1. The molecule has 1 aromatic carbocycles. The molecule has 0 fully saturated rings. The van der Waals surface area contributed by atoms with Crippen LogP contribution in [0.5, 0.6) is 0 Å². The second-order valence-corrected chi connectivity index (χ2v) is 4.83. The Morgan fingerprint density at radius 3 is 2.39 bits per heavy atom. The molecule has 1 heterocycles. The lowest BCUT2D eigenvalue weighted by Gasteiger charge is -2.04. The second kappa shape index (κ2) is 5.00. The van der Waals surface area contributed by atoms with Crippen LogP contribution in [-0.2, 0) is 14.1 Å². The van der Waals surface area contributed by atoms with Gasteiger partial charge in [0.05, 0.1) is 14.1 Å². The zero-order valence-corrected chi connectivity index (χ0v) is 11.5. The van der Waals surface area contributed by atoms with Gasteiger partial charge in [0.15, 0.2) is 0 Å². The predicted octanol–water partition coefficient (Wildman–Crippen LogP) is 2.41. The highest BCUT2D eigenvalue weighted by Gasteiger charge is 2.21. The molecule has 18 heavy (non-hydrogen) atoms. The predicted molar refractivity (Wildman–Crippen MR) is 71.0 cm³/mol. The molecular formula is C12H12Cl2N3O+. The van der Waals surface area contributed by atoms with Crippen molar-refractivity contribution in [2.75, 3.05) is 5.32 Å². The van der Waals surface area contributed by atoms with Gasteiger partial charge in [0, 0.05) is 15.7 Å². The smallest absolute Gasteiger partial charge is 0.315 e. The SMILES string of the molecule is Cn1cc[n+](C)c1C(=O)Nc1cc(Cl)cc(Cl)c1. The highest BCUT2D eigenvalue weighted by atomic mass is 35.5. The van der Waals surface area contributed by atoms with Gasteiger partial charge in [-0.2, -0.15) is 0 Å². The Morgan fingerprint density at radius 2 is 1.89 bits per heavy atom. The van der Waals surface area contributed by atoms with Gasteiger partial charge in [0.1, 0.15) is 12.4 Å². The first-order valence-electron chi connectivity index (χ1n) is 5.26. The highest BCUT2D eigenvalue weighted by molar-refractivity contribution is 6.35. The van der Waals surface area contributed by atoms with E-state index < -0.39 is 0 Å². The lowest BCUT2D eigenvalue weighted by Crippen LogP contribution is -2.37. The Bertz CT molecular complexity index is 568. The molecule has 0 spiro atoms. The molecule has 1 aromatic heterocycles. The minimum atomic E-state index is -0.219. The number of rotatable bonds is 2. The van der Waals surface area contributed by atoms with E-state index >= 15 is 0 Å². The number of carbonyl (C=O) groups excluding carboxylic acids is 1. The van der Waals surface area contributed by atoms with Gasteiger partial charge in [-0.1, -0.05) is 23.2 Å². The van der Waals surface area contributed by atoms with Gasteiger partial charge in [0.2, 0.25) is 0 Å². The third-order valence-corrected chi connectivity index (χ3v) is 2.94. The molecule has 0 aliphatic rings. The number of amides is 1. The number of aryl methyl sites for hydroxylation is 2. The summed E-state index contributed by atoms with van der Waals surface area (Å²) in [5.74, 6) is 0.314. The van der Waals surface area contributed by atoms with E-state index in [-0.39, 0.29) is 5.91 Å². The fourth-order valence-corrected chi connectivity index (χ4v) is 2.25. The molecule has 0 unspecified atom stereocenters. The molecule has 2 rings (SSSR count). The molecular weight excluding hydrogens is 273 g/mol. The van der Waals surface area contributed by atoms with E-state index in [1.807, 2.05) is 0 Å². The van der Waals surface area contributed by atoms with Crippen LogP contribution in [0.4, 0.5) is 5.69 Å². The maximum absolute atomic E-state index is 12.1. The maximum Gasteiger partial charge on any atom is 0.347 e. The van der Waals surface area contributed by atoms with Gasteiger partial charge >= 0.3 is 11.7 Å². The van der Waals surface area contributed by atoms with Crippen LogP contribution in [-0.4, -0.2) is 10.5 Å². The van der Waals surface area contributed by atoms with E-state index in [1.165, 1.54) is 0 Å². The van der Waals surface area contributed by atoms with Gasteiger partial charge in [-0.3, -0.25) is 4.79 Å². The van der Waals surface area contributed by atoms with E-state index in [9.17, 15) is 4.79 Å². The molecule has 0 saturated heterocycles. The number of hydrogen-bond donors (Lipinski definition) is 1. The van der Waals surface area contributed by atoms with Crippen molar-refractivity contribution in [3.63, 3.8) is 0 Å². The molecule has 0 radical (unpaired) electrons. The molecule has 94 valence electrons. The van der Waals surface area contributed by atoms with Crippen molar-refractivity contribution in [3.05, 3.63) is 46.5 Å². The Hall–Kier alpha value is -1.52. The lowest BCUT2D eigenvalue weighted by atomic mass is 10.3. The fourth-order valence-electron chi connectivity index (χ4n) is 1.72. The number of hydrogen-bond acceptors (Lipinski definition) is 1. The van der Waals surface area contributed by atoms with Crippen LogP contribution in [0.15, 0.2) is 30.6 Å². The van der Waals surface area contributed by atoms with E-state index in [1.54, 1.807) is 53.8 Å². The minimum Gasteiger partial charge on any atom is -0.315 e. The monoisotopic (exact) mass is 284 g/mol. The van der Waals surface area contributed by atoms with E-state index in [4.69, 9.17) is 23.2 Å². The minimum absolute atomic E-state index is 0.219. The molecule has 0 aliphatic carbocycles. The molecule has 0 bridgehead atoms. The van der Waals surface area contributed by atoms with Gasteiger partial charge in [0.25, 0.3) is 0 Å². The first-order valence-corrected chi connectivity index (χ1v) is 6.01. The van der Waals surface area contributed by atoms with Crippen LogP contribution in [0.25, 0.3) is 0 Å². The second-order valence-electron chi connectivity index (χ2n) is 3.96. The van der Waals surface area contributed by atoms with Crippen molar-refractivity contribution >= 4 is 34.8 Å². The van der Waals surface area contributed by atoms with Crippen molar-refractivity contribution in [2.24, 2.45) is 14.1 Å². The van der Waals surface area contributed by atoms with Crippen LogP contribution in [0, 0.1) is 0 Å². The van der Waals surface area contributed by atoms with Gasteiger partial charge in [-0.15, -0.1) is 0 Å². The third-order valence-electron chi connectivity index (χ3n) is 2.51. The summed E-state index contributed by atoms with van der Waals surface area (Å²) in [6.45, 7) is 0. The van der Waals surface area contributed by atoms with Gasteiger partial charge < -0.3 is 5.32 Å². The topological polar surface area (TPSA) is 37.9 Å². The third kappa shape index (κ3) is 2.66. The summed E-state index contributed by atoms with van der Waals surface area (Å²) in [7, 11) is 3.61. The number of benzene rings is 1. The quantitative estimate of drug-likeness (QED) is 0.845. The zero-order chi connectivity index (χ0) is 13.3. The largest absolute Gasteiger partial charge is 0.347 e. The van der Waals surface area contributed by atoms with Crippen LogP contribution in [0.2, 0.25) is 10.0 Å². The molecule has 0 atom stereocenters. The first kappa shape index (κ1) is 12.9. The number of halogens is 2. The van der Waals surface area contributed by atoms with Crippen LogP contribution >= 0.6 is 23.2 Å². The van der Waals surface area contributed by atoms with E-state index in [2.05, 4.69) is 5.32 Å². The van der Waals surface area contributed by atoms with Crippen molar-refractivity contribution in [1.82, 2.24) is 4.57 Å². The molecule has 2 aromatic rings. The Kier molecular flexibility index (Phi) is 3.59. The summed E-state index contributed by atoms with van der Waals surface area (Å²) in [4.78, 5) is 12.1. The molecule has 1 N–H and O–H groups in total. The summed E-state index contributed by atoms with van der Waals surface area (Å²) in [5.41, 5.74) is 0.568. The first-order chi connectivity index (χ1) is 8.47. The van der Waals surface area contributed by atoms with Gasteiger partial charge in [-0.05, 0) is 18.2 Å². The lowest BCUT2D eigenvalue weighted by molar-refractivity contribution is -0.672. The molecule has 1 amide bonds. The van der Waals surface area contributed by atoms with Crippen LogP contribution < -0.4 is 9.88 Å². The fraction of sp³-hybridized carbons (Fsp3) is 0.167. The molecule has 4 nitrogen and oxygen atoms in total. The van der Waals surface area contributed by atoms with Gasteiger partial charge in [-0.25, -0.2) is 9.13 Å². The summed E-state index contributed by atoms with van der Waals surface area (Å²) in [6, 6.07) is 4.91. The Labute approximate surface area is 115 Å². The summed E-state index contributed by atoms with van der Waals surface area (Å²) < 4.78 is 3.48. The summed E-state index contributed by atoms with van der Waals surface area (Å²) in [5, 5.41) is 3.72. The Balaban J connectivity index is 2.27. The van der Waals surface area contributed by atoms with Crippen molar-refractivity contribution in [3.8, 4) is 0 Å². The molecule has 0 saturated carbocycles. The Morgan fingerprint density at radius 1 is 1.28 bits per heavy atom.